The topological polar surface area (TPSA) is 34.1 Å². The molecule has 0 aliphatic rings. The molecule has 1 N–H and O–H groups in total. The van der Waals surface area contributed by atoms with Gasteiger partial charge in [0, 0.05) is 23.8 Å². The molecule has 0 aromatic carbocycles. The van der Waals surface area contributed by atoms with Crippen LogP contribution in [0.4, 0.5) is 0 Å². The van der Waals surface area contributed by atoms with Gasteiger partial charge in [0.05, 0.1) is 12.8 Å². The second-order valence-electron chi connectivity index (χ2n) is 6.00. The lowest BCUT2D eigenvalue weighted by Crippen LogP contribution is -2.35. The summed E-state index contributed by atoms with van der Waals surface area (Å²) in [6.07, 6.45) is 8.55. The van der Waals surface area contributed by atoms with Crippen LogP contribution in [0.3, 0.4) is 0 Å². The molecule has 3 nitrogen and oxygen atoms in total. The highest BCUT2D eigenvalue weighted by Crippen LogP contribution is 2.17. The second-order valence-corrected chi connectivity index (χ2v) is 6.00. The highest BCUT2D eigenvalue weighted by molar-refractivity contribution is 5.29. The average Bonchev–Trinajstić information content (AvgIpc) is 2.36. The summed E-state index contributed by atoms with van der Waals surface area (Å²) in [7, 11) is 0. The Kier molecular flexibility index (Phi) is 6.85. The minimum atomic E-state index is 0.113. The monoisotopic (exact) mass is 264 g/mol. The molecule has 0 unspecified atom stereocenters. The molecule has 108 valence electrons. The number of nitrogens with one attached hydrogen (secondary N) is 1. The molecule has 1 aromatic heterocycles. The number of unbranched alkanes of at least 4 members (excludes halogenated alkanes) is 3. The molecule has 0 radical (unpaired) electrons. The zero-order valence-electron chi connectivity index (χ0n) is 12.8. The fourth-order valence-corrected chi connectivity index (χ4v) is 1.76. The molecule has 1 rings (SSSR count). The van der Waals surface area contributed by atoms with Crippen LogP contribution < -0.4 is 10.1 Å². The van der Waals surface area contributed by atoms with Crippen LogP contribution in [0.25, 0.3) is 0 Å². The van der Waals surface area contributed by atoms with Gasteiger partial charge in [-0.3, -0.25) is 4.98 Å². The minimum absolute atomic E-state index is 0.113. The maximum absolute atomic E-state index is 5.85. The Morgan fingerprint density at radius 1 is 1.21 bits per heavy atom. The quantitative estimate of drug-likeness (QED) is 0.722. The van der Waals surface area contributed by atoms with Crippen molar-refractivity contribution in [3.63, 3.8) is 0 Å². The summed E-state index contributed by atoms with van der Waals surface area (Å²) >= 11 is 0. The summed E-state index contributed by atoms with van der Waals surface area (Å²) in [5.74, 6) is 0.913. The molecular weight excluding hydrogens is 236 g/mol. The van der Waals surface area contributed by atoms with Crippen molar-refractivity contribution < 1.29 is 4.74 Å². The molecule has 1 heterocycles. The van der Waals surface area contributed by atoms with Crippen molar-refractivity contribution in [3.05, 3.63) is 24.0 Å². The zero-order chi connectivity index (χ0) is 14.1. The van der Waals surface area contributed by atoms with Crippen molar-refractivity contribution >= 4 is 0 Å². The van der Waals surface area contributed by atoms with E-state index in [0.717, 1.165) is 25.3 Å². The van der Waals surface area contributed by atoms with Crippen LogP contribution in [0, 0.1) is 0 Å². The highest BCUT2D eigenvalue weighted by atomic mass is 16.5. The van der Waals surface area contributed by atoms with Gasteiger partial charge in [0.1, 0.15) is 5.75 Å². The van der Waals surface area contributed by atoms with E-state index in [1.54, 1.807) is 0 Å². The van der Waals surface area contributed by atoms with Crippen molar-refractivity contribution in [1.82, 2.24) is 10.3 Å². The fraction of sp³-hybridized carbons (Fsp3) is 0.688. The van der Waals surface area contributed by atoms with E-state index in [0.29, 0.717) is 0 Å². The number of nitrogens with zero attached hydrogens (tertiary/aromatic N) is 1. The van der Waals surface area contributed by atoms with Crippen molar-refractivity contribution in [2.75, 3.05) is 6.61 Å². The summed E-state index contributed by atoms with van der Waals surface area (Å²) < 4.78 is 5.85. The van der Waals surface area contributed by atoms with Gasteiger partial charge in [-0.05, 0) is 33.3 Å². The maximum Gasteiger partial charge on any atom is 0.142 e. The van der Waals surface area contributed by atoms with E-state index >= 15 is 0 Å². The van der Waals surface area contributed by atoms with Crippen molar-refractivity contribution in [1.29, 1.82) is 0 Å². The summed E-state index contributed by atoms with van der Waals surface area (Å²) in [6, 6.07) is 2.03. The van der Waals surface area contributed by atoms with Crippen molar-refractivity contribution in [3.8, 4) is 5.75 Å². The third kappa shape index (κ3) is 7.16. The third-order valence-electron chi connectivity index (χ3n) is 2.93. The van der Waals surface area contributed by atoms with Gasteiger partial charge in [0.25, 0.3) is 0 Å². The number of hydrogen-bond acceptors (Lipinski definition) is 3. The van der Waals surface area contributed by atoms with Crippen LogP contribution in [0.1, 0.15) is 58.9 Å². The standard InChI is InChI=1S/C16H28N2O/c1-5-6-7-8-11-19-15-13-17-10-9-14(15)12-18-16(2,3)4/h9-10,13,18H,5-8,11-12H2,1-4H3. The Morgan fingerprint density at radius 3 is 2.68 bits per heavy atom. The molecule has 1 aromatic rings. The third-order valence-corrected chi connectivity index (χ3v) is 2.93. The molecule has 0 atom stereocenters. The van der Waals surface area contributed by atoms with Gasteiger partial charge < -0.3 is 10.1 Å². The number of ether oxygens (including phenoxy) is 1. The first-order valence-corrected chi connectivity index (χ1v) is 7.33. The van der Waals surface area contributed by atoms with E-state index < -0.39 is 0 Å². The normalized spacial score (nSPS) is 11.6. The van der Waals surface area contributed by atoms with Crippen LogP contribution in [-0.2, 0) is 6.54 Å². The van der Waals surface area contributed by atoms with E-state index in [1.165, 1.54) is 24.8 Å². The van der Waals surface area contributed by atoms with Crippen LogP contribution >= 0.6 is 0 Å². The molecule has 0 fully saturated rings. The Hall–Kier alpha value is -1.09. The lowest BCUT2D eigenvalue weighted by atomic mass is 10.1. The van der Waals surface area contributed by atoms with Gasteiger partial charge in [-0.2, -0.15) is 0 Å². The van der Waals surface area contributed by atoms with Crippen LogP contribution in [0.5, 0.6) is 5.75 Å². The zero-order valence-corrected chi connectivity index (χ0v) is 12.8. The molecule has 0 bridgehead atoms. The number of aromatic nitrogens is 1. The van der Waals surface area contributed by atoms with Crippen molar-refractivity contribution in [2.24, 2.45) is 0 Å². The van der Waals surface area contributed by atoms with Gasteiger partial charge in [-0.1, -0.05) is 26.2 Å². The number of pyridine rings is 1. The smallest absolute Gasteiger partial charge is 0.142 e. The molecular formula is C16H28N2O. The molecule has 0 saturated carbocycles. The van der Waals surface area contributed by atoms with Gasteiger partial charge >= 0.3 is 0 Å². The molecule has 0 saturated heterocycles. The fourth-order valence-electron chi connectivity index (χ4n) is 1.76. The summed E-state index contributed by atoms with van der Waals surface area (Å²) in [6.45, 7) is 10.3. The van der Waals surface area contributed by atoms with Gasteiger partial charge in [0.15, 0.2) is 0 Å². The number of rotatable bonds is 8. The first kappa shape index (κ1) is 16.0. The van der Waals surface area contributed by atoms with Gasteiger partial charge in [-0.25, -0.2) is 0 Å². The van der Waals surface area contributed by atoms with Crippen molar-refractivity contribution in [2.45, 2.75) is 65.5 Å². The minimum Gasteiger partial charge on any atom is -0.492 e. The van der Waals surface area contributed by atoms with Crippen LogP contribution in [0.2, 0.25) is 0 Å². The number of hydrogen-bond donors (Lipinski definition) is 1. The van der Waals surface area contributed by atoms with E-state index in [-0.39, 0.29) is 5.54 Å². The largest absolute Gasteiger partial charge is 0.492 e. The molecule has 0 aliphatic carbocycles. The van der Waals surface area contributed by atoms with Crippen LogP contribution in [0.15, 0.2) is 18.5 Å². The van der Waals surface area contributed by atoms with E-state index in [1.807, 2.05) is 18.5 Å². The molecule has 19 heavy (non-hydrogen) atoms. The van der Waals surface area contributed by atoms with E-state index in [9.17, 15) is 0 Å². The molecule has 0 amide bonds. The molecule has 3 heteroatoms. The van der Waals surface area contributed by atoms with E-state index in [2.05, 4.69) is 38.0 Å². The summed E-state index contributed by atoms with van der Waals surface area (Å²) in [4.78, 5) is 4.15. The van der Waals surface area contributed by atoms with Gasteiger partial charge in [-0.15, -0.1) is 0 Å². The van der Waals surface area contributed by atoms with Gasteiger partial charge in [0.2, 0.25) is 0 Å². The summed E-state index contributed by atoms with van der Waals surface area (Å²) in [5, 5.41) is 3.48. The Bertz CT molecular complexity index is 358. The predicted octanol–water partition coefficient (Wildman–Crippen LogP) is 3.93. The SMILES string of the molecule is CCCCCCOc1cnccc1CNC(C)(C)C. The Labute approximate surface area is 117 Å². The Morgan fingerprint density at radius 2 is 2.00 bits per heavy atom. The van der Waals surface area contributed by atoms with Crippen LogP contribution in [-0.4, -0.2) is 17.1 Å². The lowest BCUT2D eigenvalue weighted by Gasteiger charge is -2.21. The van der Waals surface area contributed by atoms with E-state index in [4.69, 9.17) is 4.74 Å². The first-order chi connectivity index (χ1) is 9.03. The summed E-state index contributed by atoms with van der Waals surface area (Å²) in [5.41, 5.74) is 1.29. The highest BCUT2D eigenvalue weighted by Gasteiger charge is 2.10. The average molecular weight is 264 g/mol. The molecule has 0 aliphatic heterocycles. The molecule has 0 spiro atoms. The predicted molar refractivity (Wildman–Crippen MR) is 80.5 cm³/mol. The maximum atomic E-state index is 5.85. The Balaban J connectivity index is 2.44. The lowest BCUT2D eigenvalue weighted by molar-refractivity contribution is 0.298. The second kappa shape index (κ2) is 8.16. The first-order valence-electron chi connectivity index (χ1n) is 7.33.